The second-order valence-corrected chi connectivity index (χ2v) is 5.22. The fourth-order valence-corrected chi connectivity index (χ4v) is 2.20. The lowest BCUT2D eigenvalue weighted by molar-refractivity contribution is 1.14. The molecule has 22 heavy (non-hydrogen) atoms. The SMILES string of the molecule is CCc1cccc(NC(N)=Nc2cc(CC)ccc2Cl)c1.Cl. The molecule has 0 bridgehead atoms. The third-order valence-corrected chi connectivity index (χ3v) is 3.59. The molecule has 0 heterocycles. The number of nitrogens with one attached hydrogen (secondary N) is 1. The Morgan fingerprint density at radius 3 is 2.45 bits per heavy atom. The van der Waals surface area contributed by atoms with Crippen molar-refractivity contribution in [3.05, 3.63) is 58.6 Å². The number of aliphatic imine (C=N–C) groups is 1. The maximum atomic E-state index is 6.16. The van der Waals surface area contributed by atoms with E-state index in [0.29, 0.717) is 16.7 Å². The van der Waals surface area contributed by atoms with Crippen molar-refractivity contribution in [2.45, 2.75) is 26.7 Å². The Labute approximate surface area is 143 Å². The number of guanidine groups is 1. The highest BCUT2D eigenvalue weighted by molar-refractivity contribution is 6.33. The first kappa shape index (κ1) is 18.3. The fraction of sp³-hybridized carbons (Fsp3) is 0.235. The largest absolute Gasteiger partial charge is 0.369 e. The van der Waals surface area contributed by atoms with Crippen molar-refractivity contribution in [1.82, 2.24) is 0 Å². The maximum Gasteiger partial charge on any atom is 0.198 e. The highest BCUT2D eigenvalue weighted by Gasteiger charge is 2.02. The third kappa shape index (κ3) is 4.93. The van der Waals surface area contributed by atoms with Crippen molar-refractivity contribution >= 4 is 41.3 Å². The molecule has 0 radical (unpaired) electrons. The van der Waals surface area contributed by atoms with E-state index in [0.717, 1.165) is 18.5 Å². The van der Waals surface area contributed by atoms with Gasteiger partial charge in [-0.3, -0.25) is 0 Å². The summed E-state index contributed by atoms with van der Waals surface area (Å²) < 4.78 is 0. The first-order valence-electron chi connectivity index (χ1n) is 7.11. The summed E-state index contributed by atoms with van der Waals surface area (Å²) in [6.45, 7) is 4.21. The number of halogens is 2. The van der Waals surface area contributed by atoms with Crippen LogP contribution in [0.25, 0.3) is 0 Å². The van der Waals surface area contributed by atoms with Gasteiger partial charge in [0.2, 0.25) is 0 Å². The molecule has 0 saturated carbocycles. The first-order valence-corrected chi connectivity index (χ1v) is 7.48. The van der Waals surface area contributed by atoms with Crippen LogP contribution in [0.3, 0.4) is 0 Å². The zero-order valence-corrected chi connectivity index (χ0v) is 14.3. The van der Waals surface area contributed by atoms with Gasteiger partial charge in [-0.2, -0.15) is 0 Å². The van der Waals surface area contributed by atoms with Crippen LogP contribution in [-0.4, -0.2) is 5.96 Å². The van der Waals surface area contributed by atoms with Gasteiger partial charge in [0.25, 0.3) is 0 Å². The fourth-order valence-electron chi connectivity index (χ4n) is 2.04. The molecule has 0 aliphatic rings. The van der Waals surface area contributed by atoms with E-state index in [4.69, 9.17) is 17.3 Å². The predicted octanol–water partition coefficient (Wildman–Crippen LogP) is 4.94. The van der Waals surface area contributed by atoms with Crippen LogP contribution in [0.2, 0.25) is 5.02 Å². The zero-order chi connectivity index (χ0) is 15.2. The van der Waals surface area contributed by atoms with Gasteiger partial charge < -0.3 is 11.1 Å². The van der Waals surface area contributed by atoms with E-state index in [-0.39, 0.29) is 12.4 Å². The molecule has 5 heteroatoms. The predicted molar refractivity (Wildman–Crippen MR) is 98.8 cm³/mol. The quantitative estimate of drug-likeness (QED) is 0.612. The molecule has 3 N–H and O–H groups in total. The summed E-state index contributed by atoms with van der Waals surface area (Å²) in [4.78, 5) is 4.37. The summed E-state index contributed by atoms with van der Waals surface area (Å²) in [7, 11) is 0. The van der Waals surface area contributed by atoms with Gasteiger partial charge in [0, 0.05) is 5.69 Å². The molecule has 0 spiro atoms. The standard InChI is InChI=1S/C17H20ClN3.ClH/c1-3-12-6-5-7-14(10-12)20-17(19)21-16-11-13(4-2)8-9-15(16)18;/h5-11H,3-4H2,1-2H3,(H3,19,20,21);1H. The lowest BCUT2D eigenvalue weighted by atomic mass is 10.1. The Morgan fingerprint density at radius 1 is 1.09 bits per heavy atom. The first-order chi connectivity index (χ1) is 10.1. The average Bonchev–Trinajstić information content (AvgIpc) is 2.49. The monoisotopic (exact) mass is 337 g/mol. The second kappa shape index (κ2) is 8.66. The molecular weight excluding hydrogens is 317 g/mol. The topological polar surface area (TPSA) is 50.4 Å². The summed E-state index contributed by atoms with van der Waals surface area (Å²) in [6.07, 6.45) is 1.92. The number of nitrogens with two attached hydrogens (primary N) is 1. The number of nitrogens with zero attached hydrogens (tertiary/aromatic N) is 1. The minimum absolute atomic E-state index is 0. The van der Waals surface area contributed by atoms with Crippen LogP contribution in [-0.2, 0) is 12.8 Å². The van der Waals surface area contributed by atoms with Gasteiger partial charge in [0.15, 0.2) is 5.96 Å². The number of rotatable bonds is 4. The maximum absolute atomic E-state index is 6.16. The number of hydrogen-bond donors (Lipinski definition) is 2. The van der Waals surface area contributed by atoms with Crippen molar-refractivity contribution in [2.24, 2.45) is 10.7 Å². The van der Waals surface area contributed by atoms with Crippen molar-refractivity contribution in [3.8, 4) is 0 Å². The number of aryl methyl sites for hydroxylation is 2. The molecule has 2 aromatic rings. The second-order valence-electron chi connectivity index (χ2n) is 4.82. The highest BCUT2D eigenvalue weighted by atomic mass is 35.5. The molecule has 0 aromatic heterocycles. The number of benzene rings is 2. The van der Waals surface area contributed by atoms with Crippen molar-refractivity contribution in [2.75, 3.05) is 5.32 Å². The minimum Gasteiger partial charge on any atom is -0.369 e. The molecule has 2 aromatic carbocycles. The molecule has 0 aliphatic carbocycles. The van der Waals surface area contributed by atoms with Gasteiger partial charge in [-0.05, 0) is 48.2 Å². The average molecular weight is 338 g/mol. The molecule has 0 fully saturated rings. The molecule has 0 unspecified atom stereocenters. The Kier molecular flexibility index (Phi) is 7.22. The van der Waals surface area contributed by atoms with Crippen LogP contribution in [0.1, 0.15) is 25.0 Å². The van der Waals surface area contributed by atoms with E-state index in [1.807, 2.05) is 30.3 Å². The molecule has 0 saturated heterocycles. The van der Waals surface area contributed by atoms with Crippen molar-refractivity contribution < 1.29 is 0 Å². The summed E-state index contributed by atoms with van der Waals surface area (Å²) in [6, 6.07) is 13.9. The van der Waals surface area contributed by atoms with E-state index in [2.05, 4.69) is 36.3 Å². The van der Waals surface area contributed by atoms with Crippen molar-refractivity contribution in [1.29, 1.82) is 0 Å². The Morgan fingerprint density at radius 2 is 1.77 bits per heavy atom. The number of hydrogen-bond acceptors (Lipinski definition) is 1. The lowest BCUT2D eigenvalue weighted by Gasteiger charge is -2.08. The smallest absolute Gasteiger partial charge is 0.198 e. The molecule has 2 rings (SSSR count). The minimum atomic E-state index is 0. The Hall–Kier alpha value is -1.71. The Bertz CT molecular complexity index is 654. The van der Waals surface area contributed by atoms with E-state index in [1.165, 1.54) is 11.1 Å². The zero-order valence-electron chi connectivity index (χ0n) is 12.8. The van der Waals surface area contributed by atoms with Gasteiger partial charge in [-0.25, -0.2) is 4.99 Å². The van der Waals surface area contributed by atoms with E-state index >= 15 is 0 Å². The van der Waals surface area contributed by atoms with Crippen LogP contribution in [0.5, 0.6) is 0 Å². The third-order valence-electron chi connectivity index (χ3n) is 3.27. The lowest BCUT2D eigenvalue weighted by Crippen LogP contribution is -2.22. The molecule has 0 amide bonds. The highest BCUT2D eigenvalue weighted by Crippen LogP contribution is 2.26. The van der Waals surface area contributed by atoms with E-state index < -0.39 is 0 Å². The van der Waals surface area contributed by atoms with Crippen LogP contribution < -0.4 is 11.1 Å². The van der Waals surface area contributed by atoms with E-state index in [9.17, 15) is 0 Å². The van der Waals surface area contributed by atoms with Gasteiger partial charge in [-0.1, -0.05) is 43.6 Å². The van der Waals surface area contributed by atoms with Crippen LogP contribution in [0.4, 0.5) is 11.4 Å². The normalized spacial score (nSPS) is 11.0. The molecule has 0 aliphatic heterocycles. The van der Waals surface area contributed by atoms with Crippen molar-refractivity contribution in [3.63, 3.8) is 0 Å². The summed E-state index contributed by atoms with van der Waals surface area (Å²) in [5, 5.41) is 3.70. The van der Waals surface area contributed by atoms with Gasteiger partial charge >= 0.3 is 0 Å². The molecular formula is C17H21Cl2N3. The Balaban J connectivity index is 0.00000242. The summed E-state index contributed by atoms with van der Waals surface area (Å²) in [5.41, 5.74) is 10.0. The van der Waals surface area contributed by atoms with Gasteiger partial charge in [0.05, 0.1) is 10.7 Å². The van der Waals surface area contributed by atoms with Gasteiger partial charge in [-0.15, -0.1) is 12.4 Å². The van der Waals surface area contributed by atoms with Crippen LogP contribution in [0.15, 0.2) is 47.5 Å². The number of anilines is 1. The van der Waals surface area contributed by atoms with Crippen LogP contribution >= 0.6 is 24.0 Å². The molecule has 118 valence electrons. The molecule has 3 nitrogen and oxygen atoms in total. The molecule has 0 atom stereocenters. The van der Waals surface area contributed by atoms with Gasteiger partial charge in [0.1, 0.15) is 0 Å². The summed E-state index contributed by atoms with van der Waals surface area (Å²) >= 11 is 6.16. The van der Waals surface area contributed by atoms with E-state index in [1.54, 1.807) is 0 Å². The summed E-state index contributed by atoms with van der Waals surface area (Å²) in [5.74, 6) is 0.332. The van der Waals surface area contributed by atoms with Crippen LogP contribution in [0, 0.1) is 0 Å².